The first kappa shape index (κ1) is 17.4. The molecule has 1 aromatic carbocycles. The lowest BCUT2D eigenvalue weighted by atomic mass is 10.3. The molecule has 6 heteroatoms. The zero-order valence-corrected chi connectivity index (χ0v) is 12.7. The van der Waals surface area contributed by atoms with Crippen molar-refractivity contribution < 1.29 is 4.74 Å². The Bertz CT molecular complexity index is 397. The van der Waals surface area contributed by atoms with Gasteiger partial charge in [0.2, 0.25) is 0 Å². The minimum atomic E-state index is 0. The summed E-state index contributed by atoms with van der Waals surface area (Å²) in [5.74, 6) is 1.52. The normalized spacial score (nSPS) is 10.8. The number of likely N-dealkylation sites (N-methyl/N-ethyl adjacent to an activating group) is 1. The largest absolute Gasteiger partial charge is 0.486 e. The van der Waals surface area contributed by atoms with Crippen LogP contribution in [0.15, 0.2) is 23.2 Å². The molecule has 0 aliphatic heterocycles. The van der Waals surface area contributed by atoms with Crippen LogP contribution in [-0.4, -0.2) is 25.5 Å². The van der Waals surface area contributed by atoms with Crippen molar-refractivity contribution in [1.82, 2.24) is 5.32 Å². The molecule has 0 unspecified atom stereocenters. The van der Waals surface area contributed by atoms with E-state index in [4.69, 9.17) is 27.9 Å². The molecule has 0 saturated heterocycles. The Balaban J connectivity index is 0.00000289. The first-order chi connectivity index (χ1) is 8.17. The van der Waals surface area contributed by atoms with Crippen molar-refractivity contribution in [1.29, 1.82) is 0 Å². The Morgan fingerprint density at radius 1 is 1.28 bits per heavy atom. The first-order valence-corrected chi connectivity index (χ1v) is 6.28. The van der Waals surface area contributed by atoms with Gasteiger partial charge < -0.3 is 10.1 Å². The van der Waals surface area contributed by atoms with Crippen molar-refractivity contribution in [3.8, 4) is 5.75 Å². The van der Waals surface area contributed by atoms with Gasteiger partial charge in [-0.05, 0) is 26.0 Å². The third-order valence-electron chi connectivity index (χ3n) is 2.00. The van der Waals surface area contributed by atoms with Crippen molar-refractivity contribution in [2.75, 3.05) is 19.7 Å². The molecule has 0 saturated carbocycles. The van der Waals surface area contributed by atoms with E-state index < -0.39 is 0 Å². The van der Waals surface area contributed by atoms with E-state index >= 15 is 0 Å². The van der Waals surface area contributed by atoms with Gasteiger partial charge in [0.25, 0.3) is 0 Å². The minimum absolute atomic E-state index is 0. The van der Waals surface area contributed by atoms with Gasteiger partial charge in [-0.1, -0.05) is 23.2 Å². The maximum atomic E-state index is 5.89. The van der Waals surface area contributed by atoms with Gasteiger partial charge in [0.15, 0.2) is 0 Å². The maximum Gasteiger partial charge on any atom is 0.145 e. The molecule has 102 valence electrons. The number of amidine groups is 1. The van der Waals surface area contributed by atoms with Gasteiger partial charge in [0, 0.05) is 19.2 Å². The van der Waals surface area contributed by atoms with Gasteiger partial charge in [-0.25, -0.2) is 0 Å². The third-order valence-corrected chi connectivity index (χ3v) is 2.74. The Morgan fingerprint density at radius 3 is 2.56 bits per heavy atom. The van der Waals surface area contributed by atoms with Gasteiger partial charge in [-0.3, -0.25) is 4.99 Å². The van der Waals surface area contributed by atoms with Crippen LogP contribution in [0.3, 0.4) is 0 Å². The third kappa shape index (κ3) is 5.80. The molecular weight excluding hydrogens is 295 g/mol. The second-order valence-electron chi connectivity index (χ2n) is 3.32. The molecule has 0 atom stereocenters. The smallest absolute Gasteiger partial charge is 0.145 e. The quantitative estimate of drug-likeness (QED) is 0.662. The lowest BCUT2D eigenvalue weighted by molar-refractivity contribution is 0.372. The molecule has 0 aliphatic rings. The fraction of sp³-hybridized carbons (Fsp3) is 0.417. The molecule has 0 amide bonds. The lowest BCUT2D eigenvalue weighted by Crippen LogP contribution is -2.29. The second-order valence-corrected chi connectivity index (χ2v) is 4.13. The number of nitrogens with zero attached hydrogens (tertiary/aromatic N) is 1. The van der Waals surface area contributed by atoms with Gasteiger partial charge in [-0.2, -0.15) is 0 Å². The molecule has 0 aliphatic carbocycles. The summed E-state index contributed by atoms with van der Waals surface area (Å²) >= 11 is 11.7. The van der Waals surface area contributed by atoms with Crippen LogP contribution in [-0.2, 0) is 0 Å². The molecule has 0 fully saturated rings. The topological polar surface area (TPSA) is 33.6 Å². The number of nitrogens with one attached hydrogen (secondary N) is 1. The van der Waals surface area contributed by atoms with Crippen LogP contribution in [0.4, 0.5) is 0 Å². The van der Waals surface area contributed by atoms with E-state index in [9.17, 15) is 0 Å². The maximum absolute atomic E-state index is 5.89. The standard InChI is InChI=1S/C12H16Cl2N2O.ClH/c1-3-15-12(16-4-2)8-17-9-5-6-10(13)11(14)7-9;/h5-7H,3-4,8H2,1-2H3,(H,15,16);1H. The predicted octanol–water partition coefficient (Wildman–Crippen LogP) is 3.82. The van der Waals surface area contributed by atoms with Gasteiger partial charge in [-0.15, -0.1) is 12.4 Å². The number of rotatable bonds is 5. The highest BCUT2D eigenvalue weighted by Gasteiger charge is 2.02. The zero-order chi connectivity index (χ0) is 12.7. The number of benzene rings is 1. The summed E-state index contributed by atoms with van der Waals surface area (Å²) in [5.41, 5.74) is 0. The van der Waals surface area contributed by atoms with Crippen molar-refractivity contribution in [3.63, 3.8) is 0 Å². The zero-order valence-electron chi connectivity index (χ0n) is 10.4. The van der Waals surface area contributed by atoms with Crippen molar-refractivity contribution in [3.05, 3.63) is 28.2 Å². The lowest BCUT2D eigenvalue weighted by Gasteiger charge is -2.10. The van der Waals surface area contributed by atoms with Crippen molar-refractivity contribution in [2.45, 2.75) is 13.8 Å². The van der Waals surface area contributed by atoms with E-state index in [1.807, 2.05) is 13.8 Å². The van der Waals surface area contributed by atoms with E-state index in [0.717, 1.165) is 18.9 Å². The summed E-state index contributed by atoms with van der Waals surface area (Å²) in [6, 6.07) is 5.19. The molecule has 1 rings (SSSR count). The highest BCUT2D eigenvalue weighted by molar-refractivity contribution is 6.42. The van der Waals surface area contributed by atoms with Crippen LogP contribution in [0.25, 0.3) is 0 Å². The van der Waals surface area contributed by atoms with Gasteiger partial charge in [0.05, 0.1) is 10.0 Å². The van der Waals surface area contributed by atoms with E-state index in [1.165, 1.54) is 0 Å². The Morgan fingerprint density at radius 2 is 2.00 bits per heavy atom. The molecule has 0 radical (unpaired) electrons. The fourth-order valence-corrected chi connectivity index (χ4v) is 1.55. The number of halogens is 3. The molecule has 0 spiro atoms. The molecule has 0 aromatic heterocycles. The summed E-state index contributed by atoms with van der Waals surface area (Å²) in [7, 11) is 0. The second kappa shape index (κ2) is 9.31. The van der Waals surface area contributed by atoms with Gasteiger partial charge >= 0.3 is 0 Å². The SMILES string of the molecule is CCN=C(COc1ccc(Cl)c(Cl)c1)NCC.Cl. The van der Waals surface area contributed by atoms with Gasteiger partial charge in [0.1, 0.15) is 18.2 Å². The molecule has 18 heavy (non-hydrogen) atoms. The number of aliphatic imine (C=N–C) groups is 1. The average Bonchev–Trinajstić information content (AvgIpc) is 2.31. The highest BCUT2D eigenvalue weighted by Crippen LogP contribution is 2.26. The molecule has 0 bridgehead atoms. The molecule has 1 aromatic rings. The Hall–Kier alpha value is -0.640. The number of ether oxygens (including phenoxy) is 1. The van der Waals surface area contributed by atoms with E-state index in [0.29, 0.717) is 22.4 Å². The number of hydrogen-bond acceptors (Lipinski definition) is 2. The monoisotopic (exact) mass is 310 g/mol. The summed E-state index contributed by atoms with van der Waals surface area (Å²) in [6.45, 7) is 5.96. The van der Waals surface area contributed by atoms with E-state index in [2.05, 4.69) is 10.3 Å². The van der Waals surface area contributed by atoms with Crippen LogP contribution in [0.1, 0.15) is 13.8 Å². The van der Waals surface area contributed by atoms with Crippen molar-refractivity contribution >= 4 is 41.4 Å². The van der Waals surface area contributed by atoms with Crippen LogP contribution >= 0.6 is 35.6 Å². The van der Waals surface area contributed by atoms with Crippen LogP contribution < -0.4 is 10.1 Å². The Labute approximate surface area is 124 Å². The highest BCUT2D eigenvalue weighted by atomic mass is 35.5. The molecule has 0 heterocycles. The Kier molecular flexibility index (Phi) is 8.98. The number of hydrogen-bond donors (Lipinski definition) is 1. The minimum Gasteiger partial charge on any atom is -0.486 e. The predicted molar refractivity (Wildman–Crippen MR) is 80.9 cm³/mol. The van der Waals surface area contributed by atoms with Crippen LogP contribution in [0.5, 0.6) is 5.75 Å². The fourth-order valence-electron chi connectivity index (χ4n) is 1.27. The van der Waals surface area contributed by atoms with Crippen LogP contribution in [0, 0.1) is 0 Å². The van der Waals surface area contributed by atoms with E-state index in [-0.39, 0.29) is 12.4 Å². The van der Waals surface area contributed by atoms with Crippen LogP contribution in [0.2, 0.25) is 10.0 Å². The average molecular weight is 312 g/mol. The molecular formula is C12H17Cl3N2O. The summed E-state index contributed by atoms with van der Waals surface area (Å²) in [5, 5.41) is 4.15. The summed E-state index contributed by atoms with van der Waals surface area (Å²) < 4.78 is 5.57. The first-order valence-electron chi connectivity index (χ1n) is 5.52. The van der Waals surface area contributed by atoms with E-state index in [1.54, 1.807) is 18.2 Å². The molecule has 1 N–H and O–H groups in total. The van der Waals surface area contributed by atoms with Crippen molar-refractivity contribution in [2.24, 2.45) is 4.99 Å². The summed E-state index contributed by atoms with van der Waals surface area (Å²) in [4.78, 5) is 4.29. The molecule has 3 nitrogen and oxygen atoms in total. The summed E-state index contributed by atoms with van der Waals surface area (Å²) in [6.07, 6.45) is 0.